The number of rotatable bonds is 3. The van der Waals surface area contributed by atoms with E-state index in [-0.39, 0.29) is 0 Å². The van der Waals surface area contributed by atoms with E-state index >= 15 is 0 Å². The van der Waals surface area contributed by atoms with E-state index in [1.54, 1.807) is 17.1 Å². The molecule has 0 fully saturated rings. The van der Waals surface area contributed by atoms with Gasteiger partial charge in [-0.1, -0.05) is 0 Å². The van der Waals surface area contributed by atoms with Crippen LogP contribution in [0.2, 0.25) is 0 Å². The molecule has 88 valence electrons. The van der Waals surface area contributed by atoms with Gasteiger partial charge in [0, 0.05) is 30.2 Å². The van der Waals surface area contributed by atoms with E-state index in [1.165, 1.54) is 0 Å². The highest BCUT2D eigenvalue weighted by atomic mass is 15.3. The van der Waals surface area contributed by atoms with Crippen LogP contribution in [-0.2, 0) is 7.05 Å². The van der Waals surface area contributed by atoms with Crippen LogP contribution in [0.25, 0.3) is 0 Å². The van der Waals surface area contributed by atoms with Gasteiger partial charge in [0.25, 0.3) is 0 Å². The average molecular weight is 230 g/mol. The smallest absolute Gasteiger partial charge is 0.243 e. The first-order chi connectivity index (χ1) is 8.13. The van der Waals surface area contributed by atoms with Gasteiger partial charge in [-0.3, -0.25) is 4.68 Å². The van der Waals surface area contributed by atoms with E-state index in [2.05, 4.69) is 25.6 Å². The molecule has 0 spiro atoms. The van der Waals surface area contributed by atoms with Gasteiger partial charge in [0.05, 0.1) is 12.4 Å². The molecule has 0 aliphatic heterocycles. The standard InChI is InChI=1S/C11H14N6/c1-8-4-9(2)15-11(14-8)16-12-5-10-6-13-17(3)7-10/h4-7H,1-3H3,(H,14,15,16)/b12-5+. The highest BCUT2D eigenvalue weighted by molar-refractivity contribution is 5.79. The van der Waals surface area contributed by atoms with Crippen LogP contribution in [0.3, 0.4) is 0 Å². The van der Waals surface area contributed by atoms with Crippen molar-refractivity contribution in [1.82, 2.24) is 19.7 Å². The maximum Gasteiger partial charge on any atom is 0.243 e. The van der Waals surface area contributed by atoms with Gasteiger partial charge in [0.1, 0.15) is 0 Å². The first-order valence-electron chi connectivity index (χ1n) is 5.23. The Bertz CT molecular complexity index is 522. The van der Waals surface area contributed by atoms with E-state index in [1.807, 2.05) is 33.2 Å². The zero-order valence-electron chi connectivity index (χ0n) is 10.0. The topological polar surface area (TPSA) is 68.0 Å². The molecule has 2 rings (SSSR count). The third-order valence-electron chi connectivity index (χ3n) is 2.09. The summed E-state index contributed by atoms with van der Waals surface area (Å²) in [6.07, 6.45) is 5.27. The number of nitrogens with one attached hydrogen (secondary N) is 1. The molecular formula is C11H14N6. The Balaban J connectivity index is 2.04. The molecule has 2 heterocycles. The van der Waals surface area contributed by atoms with E-state index in [4.69, 9.17) is 0 Å². The van der Waals surface area contributed by atoms with Gasteiger partial charge >= 0.3 is 0 Å². The largest absolute Gasteiger partial charge is 0.275 e. The number of hydrogen-bond donors (Lipinski definition) is 1. The average Bonchev–Trinajstić information content (AvgIpc) is 2.63. The monoisotopic (exact) mass is 230 g/mol. The van der Waals surface area contributed by atoms with Crippen molar-refractivity contribution >= 4 is 12.2 Å². The Kier molecular flexibility index (Phi) is 3.13. The van der Waals surface area contributed by atoms with Crippen LogP contribution in [0.1, 0.15) is 17.0 Å². The summed E-state index contributed by atoms with van der Waals surface area (Å²) in [7, 11) is 1.86. The van der Waals surface area contributed by atoms with Gasteiger partial charge < -0.3 is 0 Å². The SMILES string of the molecule is Cc1cc(C)nc(N/N=C/c2cnn(C)c2)n1. The third kappa shape index (κ3) is 3.10. The van der Waals surface area contributed by atoms with Crippen LogP contribution in [0.4, 0.5) is 5.95 Å². The first kappa shape index (κ1) is 11.3. The van der Waals surface area contributed by atoms with Gasteiger partial charge in [-0.25, -0.2) is 15.4 Å². The van der Waals surface area contributed by atoms with Crippen molar-refractivity contribution < 1.29 is 0 Å². The molecule has 0 radical (unpaired) electrons. The maximum absolute atomic E-state index is 4.21. The second kappa shape index (κ2) is 4.73. The Morgan fingerprint density at radius 1 is 1.29 bits per heavy atom. The second-order valence-electron chi connectivity index (χ2n) is 3.79. The van der Waals surface area contributed by atoms with Crippen LogP contribution in [0.15, 0.2) is 23.6 Å². The molecule has 17 heavy (non-hydrogen) atoms. The predicted molar refractivity (Wildman–Crippen MR) is 65.9 cm³/mol. The van der Waals surface area contributed by atoms with Crippen LogP contribution < -0.4 is 5.43 Å². The summed E-state index contributed by atoms with van der Waals surface area (Å²) in [6, 6.07) is 1.91. The van der Waals surface area contributed by atoms with Crippen molar-refractivity contribution in [2.24, 2.45) is 12.1 Å². The lowest BCUT2D eigenvalue weighted by Crippen LogP contribution is -1.99. The maximum atomic E-state index is 4.21. The molecule has 0 bridgehead atoms. The van der Waals surface area contributed by atoms with E-state index in [0.717, 1.165) is 17.0 Å². The number of hydrogen-bond acceptors (Lipinski definition) is 5. The Morgan fingerprint density at radius 3 is 2.59 bits per heavy atom. The summed E-state index contributed by atoms with van der Waals surface area (Å²) in [4.78, 5) is 8.43. The fraction of sp³-hybridized carbons (Fsp3) is 0.273. The predicted octanol–water partition coefficient (Wildman–Crippen LogP) is 1.27. The summed E-state index contributed by atoms with van der Waals surface area (Å²) in [6.45, 7) is 3.84. The van der Waals surface area contributed by atoms with E-state index in [9.17, 15) is 0 Å². The second-order valence-corrected chi connectivity index (χ2v) is 3.79. The number of aryl methyl sites for hydroxylation is 3. The molecule has 6 heteroatoms. The van der Waals surface area contributed by atoms with Gasteiger partial charge in [0.15, 0.2) is 0 Å². The Morgan fingerprint density at radius 2 is 2.00 bits per heavy atom. The summed E-state index contributed by atoms with van der Waals surface area (Å²) < 4.78 is 1.72. The van der Waals surface area contributed by atoms with Gasteiger partial charge in [-0.15, -0.1) is 0 Å². The van der Waals surface area contributed by atoms with Crippen molar-refractivity contribution in [3.8, 4) is 0 Å². The Labute approximate surface area is 99.4 Å². The normalized spacial score (nSPS) is 11.0. The number of anilines is 1. The first-order valence-corrected chi connectivity index (χ1v) is 5.23. The number of nitrogens with zero attached hydrogens (tertiary/aromatic N) is 5. The molecule has 0 aromatic carbocycles. The fourth-order valence-electron chi connectivity index (χ4n) is 1.45. The van der Waals surface area contributed by atoms with E-state index in [0.29, 0.717) is 5.95 Å². The van der Waals surface area contributed by atoms with E-state index < -0.39 is 0 Å². The summed E-state index contributed by atoms with van der Waals surface area (Å²) >= 11 is 0. The fourth-order valence-corrected chi connectivity index (χ4v) is 1.45. The van der Waals surface area contributed by atoms with Crippen LogP contribution in [-0.4, -0.2) is 26.0 Å². The zero-order valence-corrected chi connectivity index (χ0v) is 10.0. The van der Waals surface area contributed by atoms with Gasteiger partial charge in [-0.05, 0) is 19.9 Å². The summed E-state index contributed by atoms with van der Waals surface area (Å²) in [5.41, 5.74) is 5.54. The molecule has 0 saturated heterocycles. The van der Waals surface area contributed by atoms with Crippen molar-refractivity contribution in [1.29, 1.82) is 0 Å². The van der Waals surface area contributed by atoms with Crippen molar-refractivity contribution in [3.63, 3.8) is 0 Å². The highest BCUT2D eigenvalue weighted by Crippen LogP contribution is 2.03. The quantitative estimate of drug-likeness (QED) is 0.637. The van der Waals surface area contributed by atoms with Crippen molar-refractivity contribution in [3.05, 3.63) is 35.4 Å². The minimum Gasteiger partial charge on any atom is -0.275 e. The molecule has 0 atom stereocenters. The lowest BCUT2D eigenvalue weighted by atomic mass is 10.4. The number of aromatic nitrogens is 4. The Hall–Kier alpha value is -2.24. The summed E-state index contributed by atoms with van der Waals surface area (Å²) in [5.74, 6) is 0.502. The van der Waals surface area contributed by atoms with Crippen molar-refractivity contribution in [2.75, 3.05) is 5.43 Å². The molecule has 2 aromatic rings. The highest BCUT2D eigenvalue weighted by Gasteiger charge is 1.97. The summed E-state index contributed by atoms with van der Waals surface area (Å²) in [5, 5.41) is 8.09. The van der Waals surface area contributed by atoms with Gasteiger partial charge in [0.2, 0.25) is 5.95 Å². The van der Waals surface area contributed by atoms with Crippen LogP contribution in [0.5, 0.6) is 0 Å². The lowest BCUT2D eigenvalue weighted by molar-refractivity contribution is 0.767. The van der Waals surface area contributed by atoms with Crippen LogP contribution >= 0.6 is 0 Å². The lowest BCUT2D eigenvalue weighted by Gasteiger charge is -2.00. The minimum atomic E-state index is 0.502. The molecule has 0 amide bonds. The minimum absolute atomic E-state index is 0.502. The third-order valence-corrected chi connectivity index (χ3v) is 2.09. The molecule has 0 unspecified atom stereocenters. The molecule has 6 nitrogen and oxygen atoms in total. The molecule has 1 N–H and O–H groups in total. The van der Waals surface area contributed by atoms with Crippen LogP contribution in [0, 0.1) is 13.8 Å². The molecule has 2 aromatic heterocycles. The van der Waals surface area contributed by atoms with Crippen molar-refractivity contribution in [2.45, 2.75) is 13.8 Å². The molecule has 0 saturated carbocycles. The number of hydrazone groups is 1. The molecule has 0 aliphatic carbocycles. The molecular weight excluding hydrogens is 216 g/mol. The zero-order chi connectivity index (χ0) is 12.3. The van der Waals surface area contributed by atoms with Gasteiger partial charge in [-0.2, -0.15) is 10.2 Å². The molecule has 0 aliphatic rings.